The molecule has 7 heteroatoms. The fourth-order valence-electron chi connectivity index (χ4n) is 2.40. The molecular weight excluding hydrogens is 282 g/mol. The van der Waals surface area contributed by atoms with Gasteiger partial charge >= 0.3 is 0 Å². The van der Waals surface area contributed by atoms with Crippen LogP contribution in [0.25, 0.3) is 0 Å². The zero-order chi connectivity index (χ0) is 13.7. The molecule has 1 aliphatic carbocycles. The van der Waals surface area contributed by atoms with Crippen LogP contribution in [0.2, 0.25) is 0 Å². The molecule has 2 fully saturated rings. The summed E-state index contributed by atoms with van der Waals surface area (Å²) in [5.41, 5.74) is 0. The maximum Gasteiger partial charge on any atom is 0.279 e. The lowest BCUT2D eigenvalue weighted by Gasteiger charge is -2.32. The standard InChI is InChI=1S/C12H25N3O2S2/c1-18-8-6-14-19(16,17)15-7-2-3-11(10-15)9-13-12-4-5-12/h11-14H,2-10H2,1H3. The Morgan fingerprint density at radius 1 is 1.32 bits per heavy atom. The number of nitrogens with zero attached hydrogens (tertiary/aromatic N) is 1. The molecule has 1 saturated heterocycles. The molecule has 1 unspecified atom stereocenters. The minimum atomic E-state index is -3.27. The first-order chi connectivity index (χ1) is 9.12. The van der Waals surface area contributed by atoms with E-state index in [0.29, 0.717) is 31.6 Å². The first kappa shape index (κ1) is 15.6. The summed E-state index contributed by atoms with van der Waals surface area (Å²) in [6, 6.07) is 0.701. The topological polar surface area (TPSA) is 61.4 Å². The van der Waals surface area contributed by atoms with Crippen molar-refractivity contribution in [3.8, 4) is 0 Å². The van der Waals surface area contributed by atoms with Crippen molar-refractivity contribution < 1.29 is 8.42 Å². The lowest BCUT2D eigenvalue weighted by atomic mass is 10.00. The van der Waals surface area contributed by atoms with E-state index in [4.69, 9.17) is 0 Å². The highest BCUT2D eigenvalue weighted by Gasteiger charge is 2.29. The van der Waals surface area contributed by atoms with Gasteiger partial charge in [0.05, 0.1) is 0 Å². The van der Waals surface area contributed by atoms with Crippen molar-refractivity contribution in [1.29, 1.82) is 0 Å². The molecule has 0 spiro atoms. The van der Waals surface area contributed by atoms with Crippen LogP contribution < -0.4 is 10.0 Å². The quantitative estimate of drug-likeness (QED) is 0.646. The normalized spacial score (nSPS) is 25.6. The van der Waals surface area contributed by atoms with Crippen molar-refractivity contribution in [1.82, 2.24) is 14.3 Å². The Labute approximate surface area is 121 Å². The van der Waals surface area contributed by atoms with E-state index >= 15 is 0 Å². The van der Waals surface area contributed by atoms with E-state index in [-0.39, 0.29) is 0 Å². The molecule has 112 valence electrons. The van der Waals surface area contributed by atoms with Gasteiger partial charge in [-0.2, -0.15) is 24.5 Å². The van der Waals surface area contributed by atoms with Gasteiger partial charge in [-0.3, -0.25) is 0 Å². The molecule has 1 saturated carbocycles. The largest absolute Gasteiger partial charge is 0.314 e. The Morgan fingerprint density at radius 3 is 2.79 bits per heavy atom. The van der Waals surface area contributed by atoms with E-state index in [9.17, 15) is 8.42 Å². The average molecular weight is 307 g/mol. The Morgan fingerprint density at radius 2 is 2.11 bits per heavy atom. The first-order valence-electron chi connectivity index (χ1n) is 7.09. The predicted molar refractivity (Wildman–Crippen MR) is 80.6 cm³/mol. The average Bonchev–Trinajstić information content (AvgIpc) is 3.21. The molecule has 0 radical (unpaired) electrons. The third-order valence-electron chi connectivity index (χ3n) is 3.68. The van der Waals surface area contributed by atoms with Gasteiger partial charge in [-0.25, -0.2) is 4.72 Å². The molecule has 0 bridgehead atoms. The van der Waals surface area contributed by atoms with Gasteiger partial charge in [0.15, 0.2) is 0 Å². The highest BCUT2D eigenvalue weighted by atomic mass is 32.2. The van der Waals surface area contributed by atoms with Gasteiger partial charge in [0.25, 0.3) is 10.2 Å². The van der Waals surface area contributed by atoms with E-state index in [0.717, 1.165) is 25.1 Å². The highest BCUT2D eigenvalue weighted by Crippen LogP contribution is 2.22. The van der Waals surface area contributed by atoms with Gasteiger partial charge < -0.3 is 5.32 Å². The van der Waals surface area contributed by atoms with Crippen LogP contribution in [0.3, 0.4) is 0 Å². The third kappa shape index (κ3) is 5.23. The summed E-state index contributed by atoms with van der Waals surface area (Å²) >= 11 is 1.65. The van der Waals surface area contributed by atoms with Crippen molar-refractivity contribution in [3.05, 3.63) is 0 Å². The summed E-state index contributed by atoms with van der Waals surface area (Å²) in [4.78, 5) is 0. The summed E-state index contributed by atoms with van der Waals surface area (Å²) in [7, 11) is -3.27. The Balaban J connectivity index is 1.77. The van der Waals surface area contributed by atoms with Crippen LogP contribution >= 0.6 is 11.8 Å². The molecule has 2 N–H and O–H groups in total. The smallest absolute Gasteiger partial charge is 0.279 e. The third-order valence-corrected chi connectivity index (χ3v) is 5.88. The van der Waals surface area contributed by atoms with E-state index in [2.05, 4.69) is 10.0 Å². The van der Waals surface area contributed by atoms with Crippen LogP contribution in [0.1, 0.15) is 25.7 Å². The van der Waals surface area contributed by atoms with E-state index in [1.54, 1.807) is 16.1 Å². The Kier molecular flexibility index (Phi) is 5.95. The zero-order valence-corrected chi connectivity index (χ0v) is 13.2. The molecule has 2 aliphatic rings. The minimum Gasteiger partial charge on any atom is -0.314 e. The monoisotopic (exact) mass is 307 g/mol. The van der Waals surface area contributed by atoms with Gasteiger partial charge in [-0.05, 0) is 44.4 Å². The predicted octanol–water partition coefficient (Wildman–Crippen LogP) is 0.648. The molecule has 1 heterocycles. The lowest BCUT2D eigenvalue weighted by molar-refractivity contribution is 0.257. The van der Waals surface area contributed by atoms with Crippen LogP contribution in [0, 0.1) is 5.92 Å². The second kappa shape index (κ2) is 7.26. The van der Waals surface area contributed by atoms with Crippen LogP contribution in [-0.4, -0.2) is 57.0 Å². The Bertz CT molecular complexity index is 371. The van der Waals surface area contributed by atoms with Gasteiger partial charge in [-0.15, -0.1) is 0 Å². The molecule has 0 amide bonds. The van der Waals surface area contributed by atoms with Crippen LogP contribution in [0.4, 0.5) is 0 Å². The lowest BCUT2D eigenvalue weighted by Crippen LogP contribution is -2.48. The number of nitrogens with one attached hydrogen (secondary N) is 2. The first-order valence-corrected chi connectivity index (χ1v) is 9.92. The molecular formula is C12H25N3O2S2. The van der Waals surface area contributed by atoms with Crippen molar-refractivity contribution in [2.45, 2.75) is 31.7 Å². The van der Waals surface area contributed by atoms with Gasteiger partial charge in [-0.1, -0.05) is 0 Å². The number of rotatable bonds is 8. The van der Waals surface area contributed by atoms with Crippen LogP contribution in [0.15, 0.2) is 0 Å². The fourth-order valence-corrected chi connectivity index (χ4v) is 4.15. The molecule has 1 aliphatic heterocycles. The van der Waals surface area contributed by atoms with Crippen molar-refractivity contribution >= 4 is 22.0 Å². The molecule has 19 heavy (non-hydrogen) atoms. The van der Waals surface area contributed by atoms with E-state index in [1.807, 2.05) is 6.26 Å². The van der Waals surface area contributed by atoms with E-state index < -0.39 is 10.2 Å². The second-order valence-corrected chi connectivity index (χ2v) is 8.18. The van der Waals surface area contributed by atoms with Gasteiger partial charge in [0.1, 0.15) is 0 Å². The molecule has 0 aromatic heterocycles. The SMILES string of the molecule is CSCCNS(=O)(=O)N1CCCC(CNC2CC2)C1. The number of thioether (sulfide) groups is 1. The Hall–Kier alpha value is 0.180. The van der Waals surface area contributed by atoms with Crippen molar-refractivity contribution in [3.63, 3.8) is 0 Å². The summed E-state index contributed by atoms with van der Waals surface area (Å²) in [6.07, 6.45) is 6.65. The number of hydrogen-bond donors (Lipinski definition) is 2. The van der Waals surface area contributed by atoms with Crippen molar-refractivity contribution in [2.24, 2.45) is 5.92 Å². The number of hydrogen-bond acceptors (Lipinski definition) is 4. The summed E-state index contributed by atoms with van der Waals surface area (Å²) in [6.45, 7) is 2.80. The van der Waals surface area contributed by atoms with Gasteiger partial charge in [0.2, 0.25) is 0 Å². The highest BCUT2D eigenvalue weighted by molar-refractivity contribution is 7.98. The molecule has 0 aromatic rings. The molecule has 2 rings (SSSR count). The molecule has 5 nitrogen and oxygen atoms in total. The maximum atomic E-state index is 12.1. The minimum absolute atomic E-state index is 0.464. The number of piperidine rings is 1. The van der Waals surface area contributed by atoms with E-state index in [1.165, 1.54) is 12.8 Å². The zero-order valence-electron chi connectivity index (χ0n) is 11.6. The van der Waals surface area contributed by atoms with Crippen LogP contribution in [0.5, 0.6) is 0 Å². The fraction of sp³-hybridized carbons (Fsp3) is 1.00. The molecule has 1 atom stereocenters. The molecule has 0 aromatic carbocycles. The second-order valence-electron chi connectivity index (χ2n) is 5.44. The summed E-state index contributed by atoms with van der Waals surface area (Å²) < 4.78 is 28.6. The van der Waals surface area contributed by atoms with Crippen LogP contribution in [-0.2, 0) is 10.2 Å². The van der Waals surface area contributed by atoms with Gasteiger partial charge in [0, 0.05) is 31.4 Å². The van der Waals surface area contributed by atoms with Crippen molar-refractivity contribution in [2.75, 3.05) is 38.2 Å². The maximum absolute atomic E-state index is 12.1. The summed E-state index contributed by atoms with van der Waals surface area (Å²) in [5, 5.41) is 3.51. The summed E-state index contributed by atoms with van der Waals surface area (Å²) in [5.74, 6) is 1.28.